The van der Waals surface area contributed by atoms with Crippen LogP contribution in [0.25, 0.3) is 10.9 Å². The molecular weight excluding hydrogens is 692 g/mol. The molecule has 54 heavy (non-hydrogen) atoms. The summed E-state index contributed by atoms with van der Waals surface area (Å²) in [6.45, 7) is 14.2. The minimum absolute atomic E-state index is 0.170. The van der Waals surface area contributed by atoms with Crippen LogP contribution in [-0.4, -0.2) is 125 Å². The number of Topliss-reactive ketones (excluding diaryl/α,β-unsaturated/α-hetero) is 1. The highest BCUT2D eigenvalue weighted by Gasteiger charge is 2.52. The predicted octanol–water partition coefficient (Wildman–Crippen LogP) is 4.72. The SMILES string of the molecule is CC[C@H]1OC(=O)[C@H](C)[C@@H](O)[C@H](C)[C@@H](OC2O[C@H](C)C[C@H](N(C)C)[C@H]2O)[C@@](C)(OC)C[C@@H](C)C(=O)[C@H](C)[C@@H](OCCCc2cnc3ccccc3c2)[C@]1(C)O. The first-order valence-electron chi connectivity index (χ1n) is 19.7. The third kappa shape index (κ3) is 9.87. The highest BCUT2D eigenvalue weighted by atomic mass is 16.7. The highest BCUT2D eigenvalue weighted by molar-refractivity contribution is 5.83. The first-order chi connectivity index (χ1) is 25.4. The van der Waals surface area contributed by atoms with Crippen LogP contribution in [0.2, 0.25) is 0 Å². The Labute approximate surface area is 321 Å². The minimum Gasteiger partial charge on any atom is -0.459 e. The van der Waals surface area contributed by atoms with Crippen LogP contribution in [0.1, 0.15) is 86.6 Å². The number of aliphatic hydroxyl groups is 3. The Morgan fingerprint density at radius 2 is 1.69 bits per heavy atom. The second-order valence-corrected chi connectivity index (χ2v) is 16.6. The van der Waals surface area contributed by atoms with Gasteiger partial charge >= 0.3 is 5.97 Å². The van der Waals surface area contributed by atoms with Crippen LogP contribution < -0.4 is 0 Å². The van der Waals surface area contributed by atoms with Gasteiger partial charge < -0.3 is 43.9 Å². The number of para-hydroxylation sites is 1. The number of carbonyl (C=O) groups is 2. The van der Waals surface area contributed by atoms with E-state index >= 15 is 0 Å². The average molecular weight is 759 g/mol. The van der Waals surface area contributed by atoms with Crippen molar-refractivity contribution in [3.8, 4) is 0 Å². The molecule has 0 amide bonds. The van der Waals surface area contributed by atoms with Crippen molar-refractivity contribution in [2.45, 2.75) is 148 Å². The van der Waals surface area contributed by atoms with Crippen LogP contribution >= 0.6 is 0 Å². The number of esters is 1. The number of hydrogen-bond acceptors (Lipinski definition) is 12. The lowest BCUT2D eigenvalue weighted by Crippen LogP contribution is -2.60. The van der Waals surface area contributed by atoms with Crippen LogP contribution in [0.15, 0.2) is 36.5 Å². The number of rotatable bonds is 10. The van der Waals surface area contributed by atoms with Crippen molar-refractivity contribution in [3.05, 3.63) is 42.1 Å². The molecule has 4 rings (SSSR count). The Morgan fingerprint density at radius 3 is 2.33 bits per heavy atom. The van der Waals surface area contributed by atoms with E-state index in [2.05, 4.69) is 11.1 Å². The van der Waals surface area contributed by atoms with Crippen LogP contribution in [-0.2, 0) is 39.7 Å². The largest absolute Gasteiger partial charge is 0.459 e. The maximum absolute atomic E-state index is 14.4. The van der Waals surface area contributed by atoms with Gasteiger partial charge in [0.05, 0.1) is 41.5 Å². The van der Waals surface area contributed by atoms with Crippen molar-refractivity contribution >= 4 is 22.7 Å². The molecule has 3 N–H and O–H groups in total. The normalized spacial score (nSPS) is 39.0. The number of cyclic esters (lactones) is 1. The number of nitrogens with zero attached hydrogens (tertiary/aromatic N) is 2. The van der Waals surface area contributed by atoms with E-state index in [4.69, 9.17) is 23.7 Å². The zero-order chi connectivity index (χ0) is 40.1. The number of aromatic nitrogens is 1. The molecule has 0 aliphatic carbocycles. The van der Waals surface area contributed by atoms with Crippen molar-refractivity contribution in [3.63, 3.8) is 0 Å². The van der Waals surface area contributed by atoms with Crippen LogP contribution in [0.5, 0.6) is 0 Å². The summed E-state index contributed by atoms with van der Waals surface area (Å²) in [5, 5.41) is 36.5. The Bertz CT molecular complexity index is 1540. The molecule has 1 aromatic heterocycles. The van der Waals surface area contributed by atoms with Crippen molar-refractivity contribution in [1.82, 2.24) is 9.88 Å². The number of ether oxygens (including phenoxy) is 5. The van der Waals surface area contributed by atoms with Gasteiger partial charge in [-0.05, 0) is 91.6 Å². The molecule has 0 bridgehead atoms. The van der Waals surface area contributed by atoms with Gasteiger partial charge in [-0.2, -0.15) is 0 Å². The second-order valence-electron chi connectivity index (χ2n) is 16.6. The highest BCUT2D eigenvalue weighted by Crippen LogP contribution is 2.39. The minimum atomic E-state index is -1.76. The van der Waals surface area contributed by atoms with E-state index in [1.54, 1.807) is 34.6 Å². The zero-order valence-corrected chi connectivity index (χ0v) is 34.2. The fourth-order valence-electron chi connectivity index (χ4n) is 8.63. The maximum Gasteiger partial charge on any atom is 0.311 e. The smallest absolute Gasteiger partial charge is 0.311 e. The second kappa shape index (κ2) is 18.6. The molecule has 3 heterocycles. The van der Waals surface area contributed by atoms with E-state index in [1.807, 2.05) is 70.2 Å². The monoisotopic (exact) mass is 758 g/mol. The van der Waals surface area contributed by atoms with E-state index < -0.39 is 77.7 Å². The summed E-state index contributed by atoms with van der Waals surface area (Å²) in [6.07, 6.45) is -2.46. The maximum atomic E-state index is 14.4. The van der Waals surface area contributed by atoms with E-state index in [0.717, 1.165) is 16.5 Å². The van der Waals surface area contributed by atoms with Crippen molar-refractivity contribution in [1.29, 1.82) is 0 Å². The number of aliphatic hydroxyl groups excluding tert-OH is 2. The molecule has 12 nitrogen and oxygen atoms in total. The third-order valence-corrected chi connectivity index (χ3v) is 12.0. The van der Waals surface area contributed by atoms with Crippen LogP contribution in [0.3, 0.4) is 0 Å². The molecule has 2 aliphatic heterocycles. The quantitative estimate of drug-likeness (QED) is 0.227. The molecule has 0 spiro atoms. The molecule has 12 heteroatoms. The zero-order valence-electron chi connectivity index (χ0n) is 34.2. The number of fused-ring (bicyclic) bond motifs is 1. The molecule has 304 valence electrons. The Morgan fingerprint density at radius 1 is 1.00 bits per heavy atom. The summed E-state index contributed by atoms with van der Waals surface area (Å²) in [5.41, 5.74) is -0.988. The van der Waals surface area contributed by atoms with Gasteiger partial charge in [0.2, 0.25) is 0 Å². The molecular formula is C42H66N2O10. The molecule has 14 atom stereocenters. The van der Waals surface area contributed by atoms with Crippen LogP contribution in [0.4, 0.5) is 0 Å². The predicted molar refractivity (Wildman–Crippen MR) is 206 cm³/mol. The lowest BCUT2D eigenvalue weighted by atomic mass is 9.74. The first-order valence-corrected chi connectivity index (χ1v) is 19.7. The summed E-state index contributed by atoms with van der Waals surface area (Å²) in [5.74, 6) is -4.08. The first kappa shape index (κ1) is 44.2. The van der Waals surface area contributed by atoms with Gasteiger partial charge in [-0.3, -0.25) is 14.6 Å². The summed E-state index contributed by atoms with van der Waals surface area (Å²) < 4.78 is 31.4. The molecule has 2 aliphatic rings. The summed E-state index contributed by atoms with van der Waals surface area (Å²) in [6, 6.07) is 9.77. The van der Waals surface area contributed by atoms with E-state index in [1.165, 1.54) is 7.11 Å². The number of pyridine rings is 1. The van der Waals surface area contributed by atoms with E-state index in [9.17, 15) is 24.9 Å². The van der Waals surface area contributed by atoms with Gasteiger partial charge in [-0.25, -0.2) is 0 Å². The molecule has 1 aromatic carbocycles. The number of carbonyl (C=O) groups excluding carboxylic acids is 2. The topological polar surface area (TPSA) is 157 Å². The number of methoxy groups -OCH3 is 1. The molecule has 0 radical (unpaired) electrons. The fourth-order valence-corrected chi connectivity index (χ4v) is 8.63. The molecule has 1 unspecified atom stereocenters. The Kier molecular flexibility index (Phi) is 15.2. The summed E-state index contributed by atoms with van der Waals surface area (Å²) >= 11 is 0. The third-order valence-electron chi connectivity index (χ3n) is 12.0. The number of hydrogen-bond donors (Lipinski definition) is 3. The number of ketones is 1. The standard InChI is InChI=1S/C42H66N2O10/c1-12-33-42(8,49)38(51-19-15-16-29-21-30-17-13-14-18-31(30)43-23-29)26(4)34(45)24(2)22-41(7,50-11)37(27(5)35(46)28(6)39(48)53-33)54-40-36(47)32(44(9)10)20-25(3)52-40/h13-14,17-18,21,23-28,32-33,35-38,40,46-47,49H,12,15-16,19-20,22H2,1-11H3/t24-,25-,26+,27+,28-,32+,33-,35+,36-,37-,38-,40?,41+,42-/m1/s1. The fraction of sp³-hybridized carbons (Fsp3) is 0.738. The van der Waals surface area contributed by atoms with Gasteiger partial charge in [-0.1, -0.05) is 45.9 Å². The number of benzene rings is 1. The molecule has 2 fully saturated rings. The molecule has 2 aromatic rings. The molecule has 0 saturated carbocycles. The summed E-state index contributed by atoms with van der Waals surface area (Å²) in [4.78, 5) is 34.7. The van der Waals surface area contributed by atoms with Crippen molar-refractivity contribution in [2.24, 2.45) is 23.7 Å². The molecule has 2 saturated heterocycles. The van der Waals surface area contributed by atoms with Crippen LogP contribution in [0, 0.1) is 23.7 Å². The lowest BCUT2D eigenvalue weighted by molar-refractivity contribution is -0.301. The van der Waals surface area contributed by atoms with Crippen molar-refractivity contribution < 1.29 is 48.6 Å². The van der Waals surface area contributed by atoms with Gasteiger partial charge in [-0.15, -0.1) is 0 Å². The number of likely N-dealkylation sites (N-methyl/N-ethyl adjacent to an activating group) is 1. The van der Waals surface area contributed by atoms with Crippen molar-refractivity contribution in [2.75, 3.05) is 27.8 Å². The lowest BCUT2D eigenvalue weighted by Gasteiger charge is -2.48. The Hall–Kier alpha value is -2.55. The van der Waals surface area contributed by atoms with Gasteiger partial charge in [0, 0.05) is 49.1 Å². The van der Waals surface area contributed by atoms with Gasteiger partial charge in [0.1, 0.15) is 23.6 Å². The van der Waals surface area contributed by atoms with Gasteiger partial charge in [0.25, 0.3) is 0 Å². The summed E-state index contributed by atoms with van der Waals surface area (Å²) in [7, 11) is 5.30. The van der Waals surface area contributed by atoms with E-state index in [0.29, 0.717) is 19.3 Å². The Balaban J connectivity index is 1.65. The number of aryl methyl sites for hydroxylation is 1. The van der Waals surface area contributed by atoms with Gasteiger partial charge in [0.15, 0.2) is 6.29 Å². The average Bonchev–Trinajstić information content (AvgIpc) is 3.14. The van der Waals surface area contributed by atoms with E-state index in [-0.39, 0.29) is 37.4 Å².